The van der Waals surface area contributed by atoms with Crippen LogP contribution in [0.15, 0.2) is 12.1 Å². The lowest BCUT2D eigenvalue weighted by Crippen LogP contribution is -2.07. The number of nitrogens with one attached hydrogen (secondary N) is 1. The zero-order chi connectivity index (χ0) is 14.3. The molecule has 0 radical (unpaired) electrons. The molecule has 0 aromatic heterocycles. The van der Waals surface area contributed by atoms with Crippen molar-refractivity contribution >= 4 is 22.7 Å². The van der Waals surface area contributed by atoms with Crippen LogP contribution < -0.4 is 14.8 Å². The molecule has 4 nitrogen and oxygen atoms in total. The highest BCUT2D eigenvalue weighted by atomic mass is 32.2. The summed E-state index contributed by atoms with van der Waals surface area (Å²) in [6.07, 6.45) is 0. The van der Waals surface area contributed by atoms with Crippen molar-refractivity contribution in [2.45, 2.75) is 27.7 Å². The number of ether oxygens (including phenoxy) is 2. The quantitative estimate of drug-likeness (QED) is 0.854. The van der Waals surface area contributed by atoms with Gasteiger partial charge < -0.3 is 14.8 Å². The van der Waals surface area contributed by atoms with E-state index in [0.717, 1.165) is 22.8 Å². The summed E-state index contributed by atoms with van der Waals surface area (Å²) in [6, 6.07) is 3.69. The van der Waals surface area contributed by atoms with Gasteiger partial charge in [0.25, 0.3) is 5.24 Å². The van der Waals surface area contributed by atoms with E-state index >= 15 is 0 Å². The van der Waals surface area contributed by atoms with Crippen LogP contribution in [0.2, 0.25) is 0 Å². The molecule has 0 atom stereocenters. The van der Waals surface area contributed by atoms with E-state index in [1.807, 2.05) is 33.8 Å². The molecule has 0 saturated carbocycles. The first-order chi connectivity index (χ1) is 9.12. The molecule has 0 spiro atoms. The Bertz CT molecular complexity index is 435. The number of anilines is 1. The molecule has 0 heterocycles. The van der Waals surface area contributed by atoms with Crippen LogP contribution in [0.1, 0.15) is 26.3 Å². The van der Waals surface area contributed by atoms with Gasteiger partial charge in [-0.1, -0.05) is 18.7 Å². The van der Waals surface area contributed by atoms with Crippen molar-refractivity contribution < 1.29 is 14.3 Å². The van der Waals surface area contributed by atoms with Crippen molar-refractivity contribution in [2.24, 2.45) is 0 Å². The number of carbonyl (C=O) groups excluding carboxylic acids is 1. The van der Waals surface area contributed by atoms with E-state index in [4.69, 9.17) is 9.47 Å². The maximum Gasteiger partial charge on any atom is 0.283 e. The monoisotopic (exact) mass is 283 g/mol. The van der Waals surface area contributed by atoms with Crippen LogP contribution in [0.3, 0.4) is 0 Å². The van der Waals surface area contributed by atoms with Gasteiger partial charge in [0.1, 0.15) is 0 Å². The summed E-state index contributed by atoms with van der Waals surface area (Å²) >= 11 is 1.24. The van der Waals surface area contributed by atoms with Crippen molar-refractivity contribution in [2.75, 3.05) is 24.3 Å². The SMILES string of the molecule is CCOc1cc(NC(=O)SCC)cc(C)c1OCC. The number of benzene rings is 1. The molecule has 1 aromatic rings. The molecule has 106 valence electrons. The first-order valence-corrected chi connectivity index (χ1v) is 7.44. The Labute approximate surface area is 118 Å². The number of aryl methyl sites for hydroxylation is 1. The summed E-state index contributed by atoms with van der Waals surface area (Å²) < 4.78 is 11.2. The summed E-state index contributed by atoms with van der Waals surface area (Å²) in [7, 11) is 0. The van der Waals surface area contributed by atoms with Gasteiger partial charge in [0.15, 0.2) is 11.5 Å². The lowest BCUT2D eigenvalue weighted by Gasteiger charge is -2.15. The van der Waals surface area contributed by atoms with E-state index in [2.05, 4.69) is 5.32 Å². The van der Waals surface area contributed by atoms with Gasteiger partial charge in [-0.3, -0.25) is 4.79 Å². The molecule has 5 heteroatoms. The molecular formula is C14H21NO3S. The van der Waals surface area contributed by atoms with Crippen LogP contribution in [0.5, 0.6) is 11.5 Å². The Hall–Kier alpha value is -1.36. The lowest BCUT2D eigenvalue weighted by atomic mass is 10.2. The van der Waals surface area contributed by atoms with Gasteiger partial charge in [-0.05, 0) is 38.2 Å². The number of thioether (sulfide) groups is 1. The molecule has 0 aliphatic rings. The number of carbonyl (C=O) groups is 1. The number of amides is 1. The van der Waals surface area contributed by atoms with Crippen LogP contribution in [0.25, 0.3) is 0 Å². The Morgan fingerprint density at radius 3 is 2.47 bits per heavy atom. The molecular weight excluding hydrogens is 262 g/mol. The highest BCUT2D eigenvalue weighted by Gasteiger charge is 2.12. The van der Waals surface area contributed by atoms with Gasteiger partial charge in [0.05, 0.1) is 13.2 Å². The maximum atomic E-state index is 11.6. The predicted molar refractivity (Wildman–Crippen MR) is 80.7 cm³/mol. The molecule has 0 saturated heterocycles. The van der Waals surface area contributed by atoms with E-state index < -0.39 is 0 Å². The summed E-state index contributed by atoms with van der Waals surface area (Å²) in [6.45, 7) is 8.88. The second-order valence-corrected chi connectivity index (χ2v) is 5.07. The van der Waals surface area contributed by atoms with E-state index in [-0.39, 0.29) is 5.24 Å². The van der Waals surface area contributed by atoms with Gasteiger partial charge in [-0.2, -0.15) is 0 Å². The second-order valence-electron chi connectivity index (χ2n) is 3.83. The molecule has 0 aliphatic heterocycles. The van der Waals surface area contributed by atoms with Gasteiger partial charge in [0, 0.05) is 11.8 Å². The van der Waals surface area contributed by atoms with Crippen LogP contribution in [0, 0.1) is 6.92 Å². The second kappa shape index (κ2) is 7.94. The molecule has 0 unspecified atom stereocenters. The zero-order valence-corrected chi connectivity index (χ0v) is 12.7. The molecule has 0 aliphatic carbocycles. The fourth-order valence-corrected chi connectivity index (χ4v) is 2.14. The normalized spacial score (nSPS) is 10.1. The maximum absolute atomic E-state index is 11.6. The van der Waals surface area contributed by atoms with Crippen molar-refractivity contribution in [1.29, 1.82) is 0 Å². The Balaban J connectivity index is 2.98. The van der Waals surface area contributed by atoms with E-state index in [1.165, 1.54) is 11.8 Å². The van der Waals surface area contributed by atoms with E-state index in [0.29, 0.717) is 19.0 Å². The number of hydrogen-bond acceptors (Lipinski definition) is 4. The smallest absolute Gasteiger partial charge is 0.283 e. The Morgan fingerprint density at radius 1 is 1.21 bits per heavy atom. The minimum atomic E-state index is -0.0616. The molecule has 0 bridgehead atoms. The van der Waals surface area contributed by atoms with Gasteiger partial charge in [-0.15, -0.1) is 0 Å². The number of hydrogen-bond donors (Lipinski definition) is 1. The molecule has 1 amide bonds. The molecule has 1 rings (SSSR count). The lowest BCUT2D eigenvalue weighted by molar-refractivity contribution is 0.269. The highest BCUT2D eigenvalue weighted by Crippen LogP contribution is 2.35. The van der Waals surface area contributed by atoms with E-state index in [9.17, 15) is 4.79 Å². The summed E-state index contributed by atoms with van der Waals surface area (Å²) in [5.41, 5.74) is 1.68. The summed E-state index contributed by atoms with van der Waals surface area (Å²) in [4.78, 5) is 11.6. The first kappa shape index (κ1) is 15.7. The van der Waals surface area contributed by atoms with Crippen LogP contribution in [-0.2, 0) is 0 Å². The average Bonchev–Trinajstić information content (AvgIpc) is 2.34. The van der Waals surface area contributed by atoms with Gasteiger partial charge >= 0.3 is 0 Å². The van der Waals surface area contributed by atoms with Crippen LogP contribution >= 0.6 is 11.8 Å². The Kier molecular flexibility index (Phi) is 6.56. The highest BCUT2D eigenvalue weighted by molar-refractivity contribution is 8.13. The minimum absolute atomic E-state index is 0.0616. The Morgan fingerprint density at radius 2 is 1.89 bits per heavy atom. The third kappa shape index (κ3) is 4.67. The topological polar surface area (TPSA) is 47.6 Å². The van der Waals surface area contributed by atoms with Crippen LogP contribution in [0.4, 0.5) is 10.5 Å². The zero-order valence-electron chi connectivity index (χ0n) is 11.9. The fraction of sp³-hybridized carbons (Fsp3) is 0.500. The summed E-state index contributed by atoms with van der Waals surface area (Å²) in [5.74, 6) is 2.16. The molecule has 1 N–H and O–H groups in total. The van der Waals surface area contributed by atoms with E-state index in [1.54, 1.807) is 6.07 Å². The standard InChI is InChI=1S/C14H21NO3S/c1-5-17-12-9-11(15-14(16)19-7-3)8-10(4)13(12)18-6-2/h8-9H,5-7H2,1-4H3,(H,15,16). The molecule has 1 aromatic carbocycles. The minimum Gasteiger partial charge on any atom is -0.490 e. The predicted octanol–water partition coefficient (Wildman–Crippen LogP) is 4.08. The van der Waals surface area contributed by atoms with Gasteiger partial charge in [-0.25, -0.2) is 0 Å². The largest absolute Gasteiger partial charge is 0.490 e. The third-order valence-corrected chi connectivity index (χ3v) is 3.00. The molecule has 0 fully saturated rings. The third-order valence-electron chi connectivity index (χ3n) is 2.35. The average molecular weight is 283 g/mol. The fourth-order valence-electron chi connectivity index (χ4n) is 1.69. The first-order valence-electron chi connectivity index (χ1n) is 6.46. The van der Waals surface area contributed by atoms with Gasteiger partial charge in [0.2, 0.25) is 0 Å². The van der Waals surface area contributed by atoms with Crippen LogP contribution in [-0.4, -0.2) is 24.2 Å². The number of rotatable bonds is 6. The molecule has 19 heavy (non-hydrogen) atoms. The van der Waals surface area contributed by atoms with Crippen molar-refractivity contribution in [3.8, 4) is 11.5 Å². The summed E-state index contributed by atoms with van der Waals surface area (Å²) in [5, 5.41) is 2.78. The van der Waals surface area contributed by atoms with Crippen molar-refractivity contribution in [3.63, 3.8) is 0 Å². The van der Waals surface area contributed by atoms with Crippen molar-refractivity contribution in [3.05, 3.63) is 17.7 Å². The van der Waals surface area contributed by atoms with Crippen molar-refractivity contribution in [1.82, 2.24) is 0 Å².